The van der Waals surface area contributed by atoms with E-state index in [1.807, 2.05) is 36.4 Å². The normalized spacial score (nSPS) is 19.6. The average Bonchev–Trinajstić information content (AvgIpc) is 3.42. The van der Waals surface area contributed by atoms with E-state index in [1.165, 1.54) is 12.1 Å². The maximum atomic E-state index is 13.4. The van der Waals surface area contributed by atoms with Crippen molar-refractivity contribution in [3.05, 3.63) is 71.5 Å². The van der Waals surface area contributed by atoms with Gasteiger partial charge in [-0.15, -0.1) is 0 Å². The molecule has 1 aliphatic carbocycles. The second-order valence-electron chi connectivity index (χ2n) is 6.95. The summed E-state index contributed by atoms with van der Waals surface area (Å²) < 4.78 is 13.4. The van der Waals surface area contributed by atoms with Crippen LogP contribution in [0.5, 0.6) is 0 Å². The largest absolute Gasteiger partial charge is 0.481 e. The number of aliphatic carboxylic acids is 1. The number of carbonyl (C=O) groups excluding carboxylic acids is 1. The summed E-state index contributed by atoms with van der Waals surface area (Å²) in [5.74, 6) is -2.13. The van der Waals surface area contributed by atoms with Crippen LogP contribution in [0.1, 0.15) is 30.4 Å². The van der Waals surface area contributed by atoms with Crippen molar-refractivity contribution in [2.75, 3.05) is 6.54 Å². The Labute approximate surface area is 152 Å². The lowest BCUT2D eigenvalue weighted by atomic mass is 10.1. The molecule has 26 heavy (non-hydrogen) atoms. The zero-order valence-corrected chi connectivity index (χ0v) is 14.6. The molecule has 3 atom stereocenters. The molecule has 0 heterocycles. The zero-order valence-electron chi connectivity index (χ0n) is 14.6. The number of benzene rings is 2. The van der Waals surface area contributed by atoms with Crippen molar-refractivity contribution < 1.29 is 19.1 Å². The number of carbonyl (C=O) groups is 2. The van der Waals surface area contributed by atoms with Crippen LogP contribution in [0.15, 0.2) is 54.6 Å². The lowest BCUT2D eigenvalue weighted by Gasteiger charge is -2.25. The number of halogens is 1. The van der Waals surface area contributed by atoms with Gasteiger partial charge in [-0.25, -0.2) is 4.39 Å². The second kappa shape index (κ2) is 7.68. The summed E-state index contributed by atoms with van der Waals surface area (Å²) in [6.07, 6.45) is 0.676. The Bertz CT molecular complexity index is 793. The fraction of sp³-hybridized carbons (Fsp3) is 0.333. The molecule has 136 valence electrons. The fourth-order valence-corrected chi connectivity index (χ4v) is 3.25. The third-order valence-corrected chi connectivity index (χ3v) is 4.83. The Kier molecular flexibility index (Phi) is 5.35. The van der Waals surface area contributed by atoms with Crippen molar-refractivity contribution >= 4 is 11.9 Å². The van der Waals surface area contributed by atoms with Crippen molar-refractivity contribution in [2.45, 2.75) is 25.8 Å². The molecule has 1 saturated carbocycles. The highest BCUT2D eigenvalue weighted by atomic mass is 19.1. The minimum atomic E-state index is -0.923. The molecule has 5 heteroatoms. The lowest BCUT2D eigenvalue weighted by Crippen LogP contribution is -2.37. The minimum Gasteiger partial charge on any atom is -0.481 e. The first-order valence-corrected chi connectivity index (χ1v) is 8.76. The summed E-state index contributed by atoms with van der Waals surface area (Å²) in [5, 5.41) is 9.21. The number of hydrogen-bond donors (Lipinski definition) is 1. The van der Waals surface area contributed by atoms with Gasteiger partial charge in [0.25, 0.3) is 0 Å². The van der Waals surface area contributed by atoms with Gasteiger partial charge >= 0.3 is 5.97 Å². The van der Waals surface area contributed by atoms with Crippen LogP contribution in [0, 0.1) is 17.7 Å². The Morgan fingerprint density at radius 1 is 1.19 bits per heavy atom. The SMILES string of the molecule is CC(CN(Cc1ccccc1)C(=O)C1CC1c1cccc(F)c1)C(=O)O. The number of carboxylic acids is 1. The van der Waals surface area contributed by atoms with Crippen LogP contribution < -0.4 is 0 Å². The van der Waals surface area contributed by atoms with Crippen molar-refractivity contribution in [3.8, 4) is 0 Å². The van der Waals surface area contributed by atoms with Crippen molar-refractivity contribution in [1.82, 2.24) is 4.90 Å². The average molecular weight is 355 g/mol. The standard InChI is InChI=1S/C21H22FNO3/c1-14(21(25)26)12-23(13-15-6-3-2-4-7-15)20(24)19-11-18(19)16-8-5-9-17(22)10-16/h2-10,14,18-19H,11-13H2,1H3,(H,25,26). The molecule has 1 aliphatic rings. The molecule has 1 amide bonds. The smallest absolute Gasteiger partial charge is 0.308 e. The highest BCUT2D eigenvalue weighted by molar-refractivity contribution is 5.83. The van der Waals surface area contributed by atoms with Gasteiger partial charge in [0.05, 0.1) is 5.92 Å². The predicted molar refractivity (Wildman–Crippen MR) is 95.9 cm³/mol. The summed E-state index contributed by atoms with van der Waals surface area (Å²) in [5.41, 5.74) is 1.79. The van der Waals surface area contributed by atoms with E-state index in [9.17, 15) is 19.1 Å². The third kappa shape index (κ3) is 4.28. The maximum absolute atomic E-state index is 13.4. The molecule has 3 unspecified atom stereocenters. The molecule has 2 aromatic carbocycles. The Balaban J connectivity index is 1.73. The summed E-state index contributed by atoms with van der Waals surface area (Å²) in [7, 11) is 0. The molecule has 0 spiro atoms. The molecular weight excluding hydrogens is 333 g/mol. The van der Waals surface area contributed by atoms with E-state index in [4.69, 9.17) is 0 Å². The monoisotopic (exact) mass is 355 g/mol. The van der Waals surface area contributed by atoms with E-state index in [1.54, 1.807) is 17.9 Å². The van der Waals surface area contributed by atoms with E-state index >= 15 is 0 Å². The van der Waals surface area contributed by atoms with Gasteiger partial charge in [-0.05, 0) is 35.6 Å². The van der Waals surface area contributed by atoms with E-state index in [0.717, 1.165) is 11.1 Å². The van der Waals surface area contributed by atoms with Crippen molar-refractivity contribution in [2.24, 2.45) is 11.8 Å². The molecule has 0 aliphatic heterocycles. The van der Waals surface area contributed by atoms with Crippen LogP contribution in [0.2, 0.25) is 0 Å². The first-order valence-electron chi connectivity index (χ1n) is 8.76. The van der Waals surface area contributed by atoms with Gasteiger partial charge in [0, 0.05) is 19.0 Å². The number of rotatable bonds is 7. The molecule has 1 N–H and O–H groups in total. The van der Waals surface area contributed by atoms with Crippen LogP contribution in [0.4, 0.5) is 4.39 Å². The van der Waals surface area contributed by atoms with Gasteiger partial charge in [0.1, 0.15) is 5.82 Å². The summed E-state index contributed by atoms with van der Waals surface area (Å²) in [6.45, 7) is 2.14. The van der Waals surface area contributed by atoms with Gasteiger partial charge in [-0.1, -0.05) is 49.4 Å². The van der Waals surface area contributed by atoms with Crippen LogP contribution in [-0.4, -0.2) is 28.4 Å². The molecule has 0 aromatic heterocycles. The Hall–Kier alpha value is -2.69. The Morgan fingerprint density at radius 2 is 1.92 bits per heavy atom. The van der Waals surface area contributed by atoms with E-state index in [2.05, 4.69) is 0 Å². The zero-order chi connectivity index (χ0) is 18.7. The lowest BCUT2D eigenvalue weighted by molar-refractivity contribution is -0.143. The van der Waals surface area contributed by atoms with E-state index in [-0.39, 0.29) is 30.1 Å². The molecule has 0 saturated heterocycles. The molecule has 0 bridgehead atoms. The number of carboxylic acid groups (broad SMARTS) is 1. The fourth-order valence-electron chi connectivity index (χ4n) is 3.25. The first-order chi connectivity index (χ1) is 12.5. The first kappa shape index (κ1) is 18.1. The molecule has 4 nitrogen and oxygen atoms in total. The van der Waals surface area contributed by atoms with Crippen LogP contribution in [-0.2, 0) is 16.1 Å². The quantitative estimate of drug-likeness (QED) is 0.824. The number of hydrogen-bond acceptors (Lipinski definition) is 2. The summed E-state index contributed by atoms with van der Waals surface area (Å²) >= 11 is 0. The molecular formula is C21H22FNO3. The topological polar surface area (TPSA) is 57.6 Å². The second-order valence-corrected chi connectivity index (χ2v) is 6.95. The van der Waals surface area contributed by atoms with E-state index in [0.29, 0.717) is 13.0 Å². The van der Waals surface area contributed by atoms with Crippen molar-refractivity contribution in [3.63, 3.8) is 0 Å². The van der Waals surface area contributed by atoms with Gasteiger partial charge in [-0.2, -0.15) is 0 Å². The molecule has 1 fully saturated rings. The predicted octanol–water partition coefficient (Wildman–Crippen LogP) is 3.68. The van der Waals surface area contributed by atoms with Crippen molar-refractivity contribution in [1.29, 1.82) is 0 Å². The summed E-state index contributed by atoms with van der Waals surface area (Å²) in [6, 6.07) is 15.9. The highest BCUT2D eigenvalue weighted by Crippen LogP contribution is 2.48. The molecule has 2 aromatic rings. The van der Waals surface area contributed by atoms with Gasteiger partial charge in [0.15, 0.2) is 0 Å². The highest BCUT2D eigenvalue weighted by Gasteiger charge is 2.46. The van der Waals surface area contributed by atoms with E-state index < -0.39 is 11.9 Å². The van der Waals surface area contributed by atoms with Crippen LogP contribution >= 0.6 is 0 Å². The van der Waals surface area contributed by atoms with Crippen LogP contribution in [0.3, 0.4) is 0 Å². The number of nitrogens with zero attached hydrogens (tertiary/aromatic N) is 1. The van der Waals surface area contributed by atoms with Gasteiger partial charge in [-0.3, -0.25) is 9.59 Å². The molecule has 0 radical (unpaired) electrons. The number of amides is 1. The maximum Gasteiger partial charge on any atom is 0.308 e. The minimum absolute atomic E-state index is 0.0107. The van der Waals surface area contributed by atoms with Gasteiger partial charge in [0.2, 0.25) is 5.91 Å². The third-order valence-electron chi connectivity index (χ3n) is 4.83. The Morgan fingerprint density at radius 3 is 2.58 bits per heavy atom. The van der Waals surface area contributed by atoms with Gasteiger partial charge < -0.3 is 10.0 Å². The summed E-state index contributed by atoms with van der Waals surface area (Å²) in [4.78, 5) is 25.8. The van der Waals surface area contributed by atoms with Crippen LogP contribution in [0.25, 0.3) is 0 Å². The molecule has 3 rings (SSSR count).